The third-order valence-corrected chi connectivity index (χ3v) is 2.52. The number of carbonyl (C=O) groups excluding carboxylic acids is 1. The van der Waals surface area contributed by atoms with Gasteiger partial charge in [-0.15, -0.1) is 0 Å². The summed E-state index contributed by atoms with van der Waals surface area (Å²) >= 11 is 0. The summed E-state index contributed by atoms with van der Waals surface area (Å²) in [5.41, 5.74) is 0.725. The van der Waals surface area contributed by atoms with Crippen LogP contribution in [0.4, 0.5) is 4.39 Å². The van der Waals surface area contributed by atoms with Crippen molar-refractivity contribution in [2.75, 3.05) is 20.3 Å². The minimum absolute atomic E-state index is 0.181. The van der Waals surface area contributed by atoms with Gasteiger partial charge in [-0.05, 0) is 17.7 Å². The molecule has 0 N–H and O–H groups in total. The lowest BCUT2D eigenvalue weighted by Gasteiger charge is -2.21. The fourth-order valence-corrected chi connectivity index (χ4v) is 1.65. The fourth-order valence-electron chi connectivity index (χ4n) is 1.65. The maximum Gasteiger partial charge on any atom is 0.292 e. The number of rotatable bonds is 3. The number of halogens is 1. The van der Waals surface area contributed by atoms with Crippen molar-refractivity contribution in [3.05, 3.63) is 47.7 Å². The van der Waals surface area contributed by atoms with Crippen LogP contribution in [0.25, 0.3) is 0 Å². The Balaban J connectivity index is 2.01. The first-order valence-electron chi connectivity index (χ1n) is 5.61. The van der Waals surface area contributed by atoms with Gasteiger partial charge >= 0.3 is 0 Å². The number of benzene rings is 1. The molecule has 0 saturated carbocycles. The Hall–Kier alpha value is -2.04. The first kappa shape index (κ1) is 12.4. The molecule has 1 aliphatic heterocycles. The van der Waals surface area contributed by atoms with E-state index in [0.717, 1.165) is 5.56 Å². The second-order valence-corrected chi connectivity index (χ2v) is 3.99. The largest absolute Gasteiger partial charge is 0.494 e. The summed E-state index contributed by atoms with van der Waals surface area (Å²) in [6.07, 6.45) is 1.31. The van der Waals surface area contributed by atoms with Crippen LogP contribution >= 0.6 is 0 Å². The second kappa shape index (κ2) is 5.53. The molecule has 4 nitrogen and oxygen atoms in total. The molecule has 5 heteroatoms. The predicted octanol–water partition coefficient (Wildman–Crippen LogP) is 1.67. The zero-order valence-electron chi connectivity index (χ0n) is 10.1. The molecule has 0 aliphatic carbocycles. The van der Waals surface area contributed by atoms with Crippen LogP contribution in [0.1, 0.15) is 5.56 Å². The molecule has 1 aromatic carbocycles. The lowest BCUT2D eigenvalue weighted by atomic mass is 10.2. The molecule has 96 valence electrons. The first-order chi connectivity index (χ1) is 8.66. The third kappa shape index (κ3) is 3.00. The number of ether oxygens (including phenoxy) is 2. The van der Waals surface area contributed by atoms with Crippen LogP contribution in [0.2, 0.25) is 0 Å². The predicted molar refractivity (Wildman–Crippen MR) is 62.9 cm³/mol. The minimum Gasteiger partial charge on any atom is -0.494 e. The van der Waals surface area contributed by atoms with Gasteiger partial charge in [-0.3, -0.25) is 4.79 Å². The summed E-state index contributed by atoms with van der Waals surface area (Å²) in [5.74, 6) is -0.413. The average Bonchev–Trinajstić information content (AvgIpc) is 2.39. The Labute approximate surface area is 105 Å². The highest BCUT2D eigenvalue weighted by atomic mass is 19.1. The summed E-state index contributed by atoms with van der Waals surface area (Å²) in [4.78, 5) is 13.4. The van der Waals surface area contributed by atoms with Gasteiger partial charge in [0.2, 0.25) is 5.76 Å². The summed E-state index contributed by atoms with van der Waals surface area (Å²) in [7, 11) is 1.63. The molecule has 0 radical (unpaired) electrons. The molecule has 0 saturated heterocycles. The average molecular weight is 251 g/mol. The zero-order valence-corrected chi connectivity index (χ0v) is 10.1. The van der Waals surface area contributed by atoms with Gasteiger partial charge in [-0.2, -0.15) is 0 Å². The quantitative estimate of drug-likeness (QED) is 0.820. The lowest BCUT2D eigenvalue weighted by Crippen LogP contribution is -2.30. The topological polar surface area (TPSA) is 38.8 Å². The first-order valence-corrected chi connectivity index (χ1v) is 5.61. The Morgan fingerprint density at radius 3 is 2.94 bits per heavy atom. The van der Waals surface area contributed by atoms with E-state index in [4.69, 9.17) is 9.47 Å². The minimum atomic E-state index is -0.315. The molecule has 0 bridgehead atoms. The number of hydrogen-bond donors (Lipinski definition) is 0. The molecule has 0 aromatic heterocycles. The molecule has 1 heterocycles. The Bertz CT molecular complexity index is 473. The number of likely N-dealkylation sites (N-methyl/N-ethyl adjacent to an activating group) is 1. The highest BCUT2D eigenvalue weighted by Crippen LogP contribution is 2.11. The van der Waals surface area contributed by atoms with E-state index in [-0.39, 0.29) is 17.5 Å². The van der Waals surface area contributed by atoms with E-state index < -0.39 is 0 Å². The van der Waals surface area contributed by atoms with Crippen molar-refractivity contribution in [3.8, 4) is 0 Å². The van der Waals surface area contributed by atoms with Gasteiger partial charge in [0.1, 0.15) is 25.3 Å². The number of amides is 1. The molecular formula is C13H14FNO3. The molecule has 1 amide bonds. The molecular weight excluding hydrogens is 237 g/mol. The second-order valence-electron chi connectivity index (χ2n) is 3.99. The van der Waals surface area contributed by atoms with Gasteiger partial charge in [0.05, 0.1) is 0 Å². The zero-order chi connectivity index (χ0) is 13.0. The van der Waals surface area contributed by atoms with E-state index in [1.54, 1.807) is 19.2 Å². The van der Waals surface area contributed by atoms with E-state index >= 15 is 0 Å². The van der Waals surface area contributed by atoms with Crippen molar-refractivity contribution in [1.82, 2.24) is 4.90 Å². The van der Waals surface area contributed by atoms with Crippen molar-refractivity contribution in [1.29, 1.82) is 0 Å². The van der Waals surface area contributed by atoms with Gasteiger partial charge < -0.3 is 14.4 Å². The summed E-state index contributed by atoms with van der Waals surface area (Å²) in [5, 5.41) is 0. The summed E-state index contributed by atoms with van der Waals surface area (Å²) < 4.78 is 23.2. The van der Waals surface area contributed by atoms with E-state index in [1.165, 1.54) is 23.3 Å². The molecule has 18 heavy (non-hydrogen) atoms. The Morgan fingerprint density at radius 1 is 1.44 bits per heavy atom. The summed E-state index contributed by atoms with van der Waals surface area (Å²) in [6.45, 7) is 1.13. The van der Waals surface area contributed by atoms with Crippen molar-refractivity contribution < 1.29 is 18.7 Å². The highest BCUT2D eigenvalue weighted by molar-refractivity contribution is 5.91. The van der Waals surface area contributed by atoms with Crippen LogP contribution in [0.5, 0.6) is 0 Å². The molecule has 2 rings (SSSR count). The number of hydrogen-bond acceptors (Lipinski definition) is 3. The molecule has 1 aliphatic rings. The van der Waals surface area contributed by atoms with Crippen LogP contribution in [0.15, 0.2) is 36.3 Å². The van der Waals surface area contributed by atoms with Gasteiger partial charge in [0, 0.05) is 13.6 Å². The standard InChI is InChI=1S/C13H14FNO3/c1-15(8-10-3-2-4-11(14)7-10)13(16)12-9-17-5-6-18-12/h2-4,7,9H,5-6,8H2,1H3. The fraction of sp³-hybridized carbons (Fsp3) is 0.308. The van der Waals surface area contributed by atoms with E-state index in [1.807, 2.05) is 0 Å². The van der Waals surface area contributed by atoms with E-state index in [0.29, 0.717) is 19.8 Å². The molecule has 0 spiro atoms. The third-order valence-electron chi connectivity index (χ3n) is 2.52. The summed E-state index contributed by atoms with van der Waals surface area (Å²) in [6, 6.07) is 6.14. The molecule has 0 unspecified atom stereocenters. The SMILES string of the molecule is CN(Cc1cccc(F)c1)C(=O)C1=COCCO1. The number of nitrogens with zero attached hydrogens (tertiary/aromatic N) is 1. The molecule has 0 atom stereocenters. The lowest BCUT2D eigenvalue weighted by molar-refractivity contribution is -0.131. The van der Waals surface area contributed by atoms with E-state index in [9.17, 15) is 9.18 Å². The van der Waals surface area contributed by atoms with Crippen LogP contribution in [-0.2, 0) is 20.8 Å². The smallest absolute Gasteiger partial charge is 0.292 e. The van der Waals surface area contributed by atoms with Crippen molar-refractivity contribution in [2.45, 2.75) is 6.54 Å². The van der Waals surface area contributed by atoms with E-state index in [2.05, 4.69) is 0 Å². The van der Waals surface area contributed by atoms with Gasteiger partial charge in [-0.25, -0.2) is 4.39 Å². The van der Waals surface area contributed by atoms with Crippen LogP contribution < -0.4 is 0 Å². The van der Waals surface area contributed by atoms with Crippen molar-refractivity contribution in [3.63, 3.8) is 0 Å². The monoisotopic (exact) mass is 251 g/mol. The normalized spacial score (nSPS) is 14.2. The van der Waals surface area contributed by atoms with Crippen LogP contribution in [-0.4, -0.2) is 31.1 Å². The van der Waals surface area contributed by atoms with Gasteiger partial charge in [0.25, 0.3) is 5.91 Å². The van der Waals surface area contributed by atoms with Crippen molar-refractivity contribution >= 4 is 5.91 Å². The van der Waals surface area contributed by atoms with Gasteiger partial charge in [-0.1, -0.05) is 12.1 Å². The van der Waals surface area contributed by atoms with Crippen LogP contribution in [0, 0.1) is 5.82 Å². The Morgan fingerprint density at radius 2 is 2.28 bits per heavy atom. The van der Waals surface area contributed by atoms with Gasteiger partial charge in [0.15, 0.2) is 0 Å². The highest BCUT2D eigenvalue weighted by Gasteiger charge is 2.19. The van der Waals surface area contributed by atoms with Crippen molar-refractivity contribution in [2.24, 2.45) is 0 Å². The maximum absolute atomic E-state index is 13.0. The Kier molecular flexibility index (Phi) is 3.82. The maximum atomic E-state index is 13.0. The molecule has 1 aromatic rings. The number of carbonyl (C=O) groups is 1. The van der Waals surface area contributed by atoms with Crippen LogP contribution in [0.3, 0.4) is 0 Å². The molecule has 0 fully saturated rings.